The molecule has 2 N–H and O–H groups in total. The Morgan fingerprint density at radius 2 is 2.19 bits per heavy atom. The second kappa shape index (κ2) is 6.21. The number of likely N-dealkylation sites (N-methyl/N-ethyl adjacent to an activating group) is 1. The lowest BCUT2D eigenvalue weighted by Gasteiger charge is -2.25. The van der Waals surface area contributed by atoms with Gasteiger partial charge in [-0.15, -0.1) is 0 Å². The summed E-state index contributed by atoms with van der Waals surface area (Å²) in [5.74, 6) is 0.0692. The van der Waals surface area contributed by atoms with Crippen molar-refractivity contribution in [1.29, 1.82) is 0 Å². The van der Waals surface area contributed by atoms with Crippen LogP contribution in [0.4, 0.5) is 0 Å². The summed E-state index contributed by atoms with van der Waals surface area (Å²) in [5, 5.41) is 12.1. The van der Waals surface area contributed by atoms with Gasteiger partial charge >= 0.3 is 5.97 Å². The number of carboxylic acids is 1. The van der Waals surface area contributed by atoms with E-state index in [0.29, 0.717) is 19.6 Å². The minimum atomic E-state index is -0.853. The van der Waals surface area contributed by atoms with Gasteiger partial charge in [0.15, 0.2) is 0 Å². The first-order chi connectivity index (χ1) is 7.58. The van der Waals surface area contributed by atoms with Crippen LogP contribution in [0, 0.1) is 5.92 Å². The third-order valence-corrected chi connectivity index (χ3v) is 3.15. The first-order valence-electron chi connectivity index (χ1n) is 6.14. The lowest BCUT2D eigenvalue weighted by molar-refractivity contribution is -0.145. The number of ether oxygens (including phenoxy) is 1. The fourth-order valence-electron chi connectivity index (χ4n) is 1.70. The summed E-state index contributed by atoms with van der Waals surface area (Å²) in [4.78, 5) is 11.1. The molecule has 1 unspecified atom stereocenters. The Bertz CT molecular complexity index is 228. The monoisotopic (exact) mass is 229 g/mol. The Labute approximate surface area is 97.4 Å². The predicted octanol–water partition coefficient (Wildman–Crippen LogP) is 1.65. The van der Waals surface area contributed by atoms with Crippen molar-refractivity contribution in [3.05, 3.63) is 0 Å². The fraction of sp³-hybridized carbons (Fsp3) is 0.917. The summed E-state index contributed by atoms with van der Waals surface area (Å²) in [6, 6.07) is 0. The predicted molar refractivity (Wildman–Crippen MR) is 62.5 cm³/mol. The Hall–Kier alpha value is -0.610. The normalized spacial score (nSPS) is 19.4. The van der Waals surface area contributed by atoms with Crippen molar-refractivity contribution in [3.63, 3.8) is 0 Å². The fourth-order valence-corrected chi connectivity index (χ4v) is 1.70. The van der Waals surface area contributed by atoms with Gasteiger partial charge in [-0.3, -0.25) is 4.79 Å². The van der Waals surface area contributed by atoms with E-state index >= 15 is 0 Å². The van der Waals surface area contributed by atoms with Crippen molar-refractivity contribution in [2.45, 2.75) is 45.1 Å². The molecule has 1 atom stereocenters. The van der Waals surface area contributed by atoms with Gasteiger partial charge in [-0.05, 0) is 32.2 Å². The Morgan fingerprint density at radius 1 is 1.50 bits per heavy atom. The van der Waals surface area contributed by atoms with Crippen LogP contribution in [0.1, 0.15) is 39.5 Å². The van der Waals surface area contributed by atoms with Gasteiger partial charge in [0.1, 0.15) is 5.54 Å². The Morgan fingerprint density at radius 3 is 2.69 bits per heavy atom. The van der Waals surface area contributed by atoms with E-state index in [-0.39, 0.29) is 0 Å². The topological polar surface area (TPSA) is 58.6 Å². The third-order valence-electron chi connectivity index (χ3n) is 3.15. The summed E-state index contributed by atoms with van der Waals surface area (Å²) < 4.78 is 5.47. The lowest BCUT2D eigenvalue weighted by Crippen LogP contribution is -2.50. The smallest absolute Gasteiger partial charge is 0.323 e. The maximum absolute atomic E-state index is 11.1. The molecule has 1 aliphatic rings. The second-order valence-electron chi connectivity index (χ2n) is 4.76. The summed E-state index contributed by atoms with van der Waals surface area (Å²) >= 11 is 0. The number of carbonyl (C=O) groups is 1. The minimum absolute atomic E-state index is 0.515. The highest BCUT2D eigenvalue weighted by Crippen LogP contribution is 2.32. The minimum Gasteiger partial charge on any atom is -0.480 e. The largest absolute Gasteiger partial charge is 0.480 e. The molecule has 1 saturated carbocycles. The van der Waals surface area contributed by atoms with Gasteiger partial charge in [0.05, 0.1) is 0 Å². The molecule has 0 radical (unpaired) electrons. The maximum atomic E-state index is 11.1. The van der Waals surface area contributed by atoms with E-state index in [0.717, 1.165) is 18.9 Å². The molecule has 0 saturated heterocycles. The van der Waals surface area contributed by atoms with Crippen molar-refractivity contribution < 1.29 is 14.6 Å². The first-order valence-corrected chi connectivity index (χ1v) is 6.14. The lowest BCUT2D eigenvalue weighted by atomic mass is 9.99. The van der Waals surface area contributed by atoms with Gasteiger partial charge in [-0.1, -0.05) is 19.8 Å². The van der Waals surface area contributed by atoms with Gasteiger partial charge in [0.25, 0.3) is 0 Å². The number of nitrogens with one attached hydrogen (secondary N) is 1. The molecule has 1 aliphatic carbocycles. The SMILES string of the molecule is CCNC(C)(CCOCCC1CC1)C(=O)O. The number of rotatable bonds is 9. The molecule has 1 rings (SSSR count). The zero-order valence-corrected chi connectivity index (χ0v) is 10.3. The zero-order valence-electron chi connectivity index (χ0n) is 10.3. The van der Waals surface area contributed by atoms with Crippen LogP contribution in [0.2, 0.25) is 0 Å². The van der Waals surface area contributed by atoms with E-state index in [4.69, 9.17) is 9.84 Å². The molecule has 0 spiro atoms. The van der Waals surface area contributed by atoms with E-state index < -0.39 is 11.5 Å². The molecular formula is C12H23NO3. The van der Waals surface area contributed by atoms with Crippen LogP contribution in [0.5, 0.6) is 0 Å². The average molecular weight is 229 g/mol. The molecular weight excluding hydrogens is 206 g/mol. The molecule has 0 bridgehead atoms. The van der Waals surface area contributed by atoms with Gasteiger partial charge in [0.2, 0.25) is 0 Å². The molecule has 0 heterocycles. The molecule has 94 valence electrons. The highest BCUT2D eigenvalue weighted by atomic mass is 16.5. The van der Waals surface area contributed by atoms with Gasteiger partial charge in [-0.25, -0.2) is 0 Å². The van der Waals surface area contributed by atoms with E-state index in [1.165, 1.54) is 12.8 Å². The van der Waals surface area contributed by atoms with Crippen LogP contribution >= 0.6 is 0 Å². The molecule has 4 nitrogen and oxygen atoms in total. The van der Waals surface area contributed by atoms with E-state index in [1.54, 1.807) is 6.92 Å². The van der Waals surface area contributed by atoms with Crippen molar-refractivity contribution in [3.8, 4) is 0 Å². The highest BCUT2D eigenvalue weighted by molar-refractivity contribution is 5.78. The molecule has 0 aliphatic heterocycles. The quantitative estimate of drug-likeness (QED) is 0.590. The van der Waals surface area contributed by atoms with Crippen molar-refractivity contribution in [1.82, 2.24) is 5.32 Å². The van der Waals surface area contributed by atoms with Crippen LogP contribution in [0.3, 0.4) is 0 Å². The van der Waals surface area contributed by atoms with Crippen LogP contribution in [-0.4, -0.2) is 36.4 Å². The van der Waals surface area contributed by atoms with E-state index in [1.807, 2.05) is 6.92 Å². The van der Waals surface area contributed by atoms with Crippen molar-refractivity contribution >= 4 is 5.97 Å². The Kier molecular flexibility index (Phi) is 5.22. The molecule has 0 aromatic carbocycles. The molecule has 0 aromatic heterocycles. The zero-order chi connectivity index (χ0) is 12.0. The summed E-state index contributed by atoms with van der Waals surface area (Å²) in [6.07, 6.45) is 4.33. The highest BCUT2D eigenvalue weighted by Gasteiger charge is 2.31. The van der Waals surface area contributed by atoms with E-state index in [2.05, 4.69) is 5.32 Å². The summed E-state index contributed by atoms with van der Waals surface area (Å²) in [7, 11) is 0. The molecule has 0 aromatic rings. The number of aliphatic carboxylic acids is 1. The number of hydrogen-bond donors (Lipinski definition) is 2. The number of hydrogen-bond acceptors (Lipinski definition) is 3. The molecule has 16 heavy (non-hydrogen) atoms. The van der Waals surface area contributed by atoms with E-state index in [9.17, 15) is 4.79 Å². The van der Waals surface area contributed by atoms with Crippen molar-refractivity contribution in [2.24, 2.45) is 5.92 Å². The Balaban J connectivity index is 2.12. The van der Waals surface area contributed by atoms with Gasteiger partial charge < -0.3 is 15.2 Å². The summed E-state index contributed by atoms with van der Waals surface area (Å²) in [6.45, 7) is 5.57. The standard InChI is InChI=1S/C12H23NO3/c1-3-13-12(2,11(14)15)7-9-16-8-6-10-4-5-10/h10,13H,3-9H2,1-2H3,(H,14,15). The van der Waals surface area contributed by atoms with Crippen LogP contribution in [0.15, 0.2) is 0 Å². The second-order valence-corrected chi connectivity index (χ2v) is 4.76. The molecule has 0 amide bonds. The van der Waals surface area contributed by atoms with Gasteiger partial charge in [-0.2, -0.15) is 0 Å². The van der Waals surface area contributed by atoms with Gasteiger partial charge in [0, 0.05) is 13.2 Å². The molecule has 1 fully saturated rings. The van der Waals surface area contributed by atoms with Crippen molar-refractivity contribution in [2.75, 3.05) is 19.8 Å². The maximum Gasteiger partial charge on any atom is 0.323 e. The summed E-state index contributed by atoms with van der Waals surface area (Å²) in [5.41, 5.74) is -0.853. The first kappa shape index (κ1) is 13.5. The molecule has 4 heteroatoms. The van der Waals surface area contributed by atoms with Crippen LogP contribution in [-0.2, 0) is 9.53 Å². The van der Waals surface area contributed by atoms with Crippen LogP contribution in [0.25, 0.3) is 0 Å². The average Bonchev–Trinajstić information content (AvgIpc) is 3.01. The van der Waals surface area contributed by atoms with Crippen LogP contribution < -0.4 is 5.32 Å². The third kappa shape index (κ3) is 4.49. The number of carboxylic acid groups (broad SMARTS) is 1.